The lowest BCUT2D eigenvalue weighted by molar-refractivity contribution is 0.0422. The number of rotatable bonds is 6. The zero-order valence-electron chi connectivity index (χ0n) is 10.3. The van der Waals surface area contributed by atoms with E-state index in [1.165, 1.54) is 0 Å². The molecule has 0 fully saturated rings. The Hall–Kier alpha value is -1.06. The van der Waals surface area contributed by atoms with Crippen LogP contribution in [0.3, 0.4) is 0 Å². The van der Waals surface area contributed by atoms with Crippen molar-refractivity contribution in [2.75, 3.05) is 13.7 Å². The Labute approximate surface area is 97.6 Å². The Balaban J connectivity index is 2.90. The summed E-state index contributed by atoms with van der Waals surface area (Å²) in [5.74, 6) is 0.838. The SMILES string of the molecule is CCOC(c1cccc(OC)c1)C(N)CC. The molecule has 0 aliphatic rings. The van der Waals surface area contributed by atoms with Gasteiger partial charge in [0.15, 0.2) is 0 Å². The van der Waals surface area contributed by atoms with Crippen LogP contribution in [0, 0.1) is 0 Å². The first-order chi connectivity index (χ1) is 7.72. The lowest BCUT2D eigenvalue weighted by Crippen LogP contribution is -2.29. The maximum Gasteiger partial charge on any atom is 0.119 e. The van der Waals surface area contributed by atoms with E-state index in [4.69, 9.17) is 15.2 Å². The van der Waals surface area contributed by atoms with Gasteiger partial charge in [-0.05, 0) is 31.0 Å². The summed E-state index contributed by atoms with van der Waals surface area (Å²) >= 11 is 0. The van der Waals surface area contributed by atoms with E-state index in [9.17, 15) is 0 Å². The molecule has 0 aliphatic carbocycles. The normalized spacial score (nSPS) is 14.5. The van der Waals surface area contributed by atoms with Gasteiger partial charge in [0.25, 0.3) is 0 Å². The molecular weight excluding hydrogens is 202 g/mol. The number of nitrogens with two attached hydrogens (primary N) is 1. The Morgan fingerprint density at radius 3 is 2.62 bits per heavy atom. The zero-order chi connectivity index (χ0) is 12.0. The molecule has 0 radical (unpaired) electrons. The fraction of sp³-hybridized carbons (Fsp3) is 0.538. The van der Waals surface area contributed by atoms with Crippen molar-refractivity contribution >= 4 is 0 Å². The van der Waals surface area contributed by atoms with Crippen molar-refractivity contribution in [3.05, 3.63) is 29.8 Å². The van der Waals surface area contributed by atoms with Gasteiger partial charge in [-0.25, -0.2) is 0 Å². The van der Waals surface area contributed by atoms with E-state index in [2.05, 4.69) is 6.92 Å². The molecule has 3 heteroatoms. The van der Waals surface area contributed by atoms with Gasteiger partial charge in [0.1, 0.15) is 5.75 Å². The highest BCUT2D eigenvalue weighted by Crippen LogP contribution is 2.25. The first-order valence-electron chi connectivity index (χ1n) is 5.74. The van der Waals surface area contributed by atoms with Crippen LogP contribution in [0.4, 0.5) is 0 Å². The van der Waals surface area contributed by atoms with Gasteiger partial charge in [-0.1, -0.05) is 19.1 Å². The minimum atomic E-state index is -0.0508. The number of hydrogen-bond donors (Lipinski definition) is 1. The second-order valence-electron chi connectivity index (χ2n) is 3.72. The van der Waals surface area contributed by atoms with Crippen LogP contribution >= 0.6 is 0 Å². The van der Waals surface area contributed by atoms with Gasteiger partial charge < -0.3 is 15.2 Å². The highest BCUT2D eigenvalue weighted by Gasteiger charge is 2.18. The molecule has 1 rings (SSSR count). The minimum Gasteiger partial charge on any atom is -0.497 e. The van der Waals surface area contributed by atoms with Gasteiger partial charge in [-0.2, -0.15) is 0 Å². The largest absolute Gasteiger partial charge is 0.497 e. The van der Waals surface area contributed by atoms with Gasteiger partial charge in [-0.15, -0.1) is 0 Å². The van der Waals surface area contributed by atoms with Crippen LogP contribution in [0.5, 0.6) is 5.75 Å². The van der Waals surface area contributed by atoms with Gasteiger partial charge in [-0.3, -0.25) is 0 Å². The van der Waals surface area contributed by atoms with Crippen molar-refractivity contribution in [1.29, 1.82) is 0 Å². The standard InChI is InChI=1S/C13H21NO2/c1-4-12(14)13(16-5-2)10-7-6-8-11(9-10)15-3/h6-9,12-13H,4-5,14H2,1-3H3. The van der Waals surface area contributed by atoms with Crippen molar-refractivity contribution in [3.8, 4) is 5.75 Å². The summed E-state index contributed by atoms with van der Waals surface area (Å²) in [5.41, 5.74) is 7.14. The topological polar surface area (TPSA) is 44.5 Å². The van der Waals surface area contributed by atoms with Gasteiger partial charge in [0.05, 0.1) is 13.2 Å². The van der Waals surface area contributed by atoms with Crippen molar-refractivity contribution in [2.45, 2.75) is 32.4 Å². The predicted molar refractivity (Wildman–Crippen MR) is 65.6 cm³/mol. The molecule has 2 N–H and O–H groups in total. The van der Waals surface area contributed by atoms with Crippen molar-refractivity contribution in [2.24, 2.45) is 5.73 Å². The zero-order valence-corrected chi connectivity index (χ0v) is 10.3. The molecular formula is C13H21NO2. The molecule has 90 valence electrons. The van der Waals surface area contributed by atoms with E-state index in [1.807, 2.05) is 31.2 Å². The lowest BCUT2D eigenvalue weighted by Gasteiger charge is -2.23. The first kappa shape index (κ1) is 13.0. The van der Waals surface area contributed by atoms with Gasteiger partial charge >= 0.3 is 0 Å². The molecule has 2 unspecified atom stereocenters. The summed E-state index contributed by atoms with van der Waals surface area (Å²) in [6, 6.07) is 7.91. The van der Waals surface area contributed by atoms with Crippen LogP contribution in [-0.4, -0.2) is 19.8 Å². The fourth-order valence-electron chi connectivity index (χ4n) is 1.68. The van der Waals surface area contributed by atoms with Crippen LogP contribution in [-0.2, 0) is 4.74 Å². The van der Waals surface area contributed by atoms with Crippen LogP contribution in [0.1, 0.15) is 31.9 Å². The van der Waals surface area contributed by atoms with Crippen molar-refractivity contribution in [3.63, 3.8) is 0 Å². The Kier molecular flexibility index (Phi) is 5.29. The summed E-state index contributed by atoms with van der Waals surface area (Å²) in [6.45, 7) is 4.71. The maximum atomic E-state index is 6.06. The second kappa shape index (κ2) is 6.51. The molecule has 1 aromatic rings. The molecule has 0 heterocycles. The quantitative estimate of drug-likeness (QED) is 0.806. The molecule has 0 aromatic heterocycles. The molecule has 0 bridgehead atoms. The van der Waals surface area contributed by atoms with Gasteiger partial charge in [0, 0.05) is 12.6 Å². The summed E-state index contributed by atoms with van der Waals surface area (Å²) in [4.78, 5) is 0. The Bertz CT molecular complexity index is 315. The minimum absolute atomic E-state index is 0.0204. The summed E-state index contributed by atoms with van der Waals surface area (Å²) in [5, 5.41) is 0. The van der Waals surface area contributed by atoms with Gasteiger partial charge in [0.2, 0.25) is 0 Å². The highest BCUT2D eigenvalue weighted by molar-refractivity contribution is 5.30. The Morgan fingerprint density at radius 1 is 1.31 bits per heavy atom. The van der Waals surface area contributed by atoms with E-state index in [1.54, 1.807) is 7.11 Å². The molecule has 0 spiro atoms. The van der Waals surface area contributed by atoms with Crippen LogP contribution in [0.15, 0.2) is 24.3 Å². The number of ether oxygens (including phenoxy) is 2. The molecule has 0 saturated heterocycles. The van der Waals surface area contributed by atoms with E-state index in [0.29, 0.717) is 6.61 Å². The van der Waals surface area contributed by atoms with Crippen LogP contribution < -0.4 is 10.5 Å². The lowest BCUT2D eigenvalue weighted by atomic mass is 10.0. The van der Waals surface area contributed by atoms with E-state index >= 15 is 0 Å². The smallest absolute Gasteiger partial charge is 0.119 e. The van der Waals surface area contributed by atoms with Crippen LogP contribution in [0.25, 0.3) is 0 Å². The highest BCUT2D eigenvalue weighted by atomic mass is 16.5. The summed E-state index contributed by atoms with van der Waals surface area (Å²) in [7, 11) is 1.66. The molecule has 0 amide bonds. The number of hydrogen-bond acceptors (Lipinski definition) is 3. The van der Waals surface area contributed by atoms with Crippen molar-refractivity contribution < 1.29 is 9.47 Å². The summed E-state index contributed by atoms with van der Waals surface area (Å²) < 4.78 is 10.9. The second-order valence-corrected chi connectivity index (χ2v) is 3.72. The fourth-order valence-corrected chi connectivity index (χ4v) is 1.68. The molecule has 2 atom stereocenters. The monoisotopic (exact) mass is 223 g/mol. The first-order valence-corrected chi connectivity index (χ1v) is 5.74. The van der Waals surface area contributed by atoms with Crippen LogP contribution in [0.2, 0.25) is 0 Å². The molecule has 0 aliphatic heterocycles. The average Bonchev–Trinajstić information content (AvgIpc) is 2.35. The van der Waals surface area contributed by atoms with E-state index in [0.717, 1.165) is 17.7 Å². The molecule has 1 aromatic carbocycles. The summed E-state index contributed by atoms with van der Waals surface area (Å²) in [6.07, 6.45) is 0.840. The average molecular weight is 223 g/mol. The Morgan fingerprint density at radius 2 is 2.06 bits per heavy atom. The third-order valence-electron chi connectivity index (χ3n) is 2.63. The number of benzene rings is 1. The maximum absolute atomic E-state index is 6.06. The predicted octanol–water partition coefficient (Wildman–Crippen LogP) is 2.51. The molecule has 16 heavy (non-hydrogen) atoms. The van der Waals surface area contributed by atoms with E-state index < -0.39 is 0 Å². The van der Waals surface area contributed by atoms with E-state index in [-0.39, 0.29) is 12.1 Å². The van der Waals surface area contributed by atoms with Crippen molar-refractivity contribution in [1.82, 2.24) is 0 Å². The third kappa shape index (κ3) is 3.22. The third-order valence-corrected chi connectivity index (χ3v) is 2.63. The molecule has 0 saturated carbocycles. The molecule has 3 nitrogen and oxygen atoms in total. The number of methoxy groups -OCH3 is 1.